The molecule has 2 heterocycles. The largest absolute Gasteiger partial charge is 0.444 e. The van der Waals surface area contributed by atoms with Gasteiger partial charge in [-0.3, -0.25) is 4.90 Å². The number of amides is 1. The number of rotatable bonds is 15. The average Bonchev–Trinajstić information content (AvgIpc) is 3.63. The van der Waals surface area contributed by atoms with E-state index in [2.05, 4.69) is 53.4 Å². The number of carbonyl (C=O) groups excluding carboxylic acids is 1. The van der Waals surface area contributed by atoms with Crippen LogP contribution in [-0.2, 0) is 50.1 Å². The molecule has 4 aromatic rings. The average molecular weight is 707 g/mol. The molecule has 0 bridgehead atoms. The lowest BCUT2D eigenvalue weighted by Gasteiger charge is -2.49. The van der Waals surface area contributed by atoms with Crippen LogP contribution in [0, 0.1) is 5.92 Å². The zero-order valence-electron chi connectivity index (χ0n) is 30.8. The van der Waals surface area contributed by atoms with Crippen LogP contribution < -0.4 is 0 Å². The van der Waals surface area contributed by atoms with Gasteiger partial charge in [-0.25, -0.2) is 4.79 Å². The summed E-state index contributed by atoms with van der Waals surface area (Å²) in [7, 11) is 0. The van der Waals surface area contributed by atoms with E-state index in [0.29, 0.717) is 52.7 Å². The Kier molecular flexibility index (Phi) is 13.5. The Labute approximate surface area is 309 Å². The van der Waals surface area contributed by atoms with Crippen LogP contribution >= 0.6 is 0 Å². The van der Waals surface area contributed by atoms with E-state index in [4.69, 9.17) is 23.7 Å². The summed E-state index contributed by atoms with van der Waals surface area (Å²) in [4.78, 5) is 17.3. The van der Waals surface area contributed by atoms with Crippen LogP contribution in [0.4, 0.5) is 4.79 Å². The van der Waals surface area contributed by atoms with Crippen molar-refractivity contribution in [3.63, 3.8) is 0 Å². The number of piperidine rings is 1. The Bertz CT molecular complexity index is 1620. The number of carbonyl (C=O) groups is 1. The SMILES string of the molecule is CC(C)(C)OC(=O)N1CC[C@@H](CN2C[C@H](OCc3ccccc3)[C@@H](OCc3ccccc3)[C@H](OCc3ccccc3)[C@@H]2COCc2ccccc2)C1. The second-order valence-electron chi connectivity index (χ2n) is 15.0. The predicted molar refractivity (Wildman–Crippen MR) is 202 cm³/mol. The Balaban J connectivity index is 1.28. The minimum Gasteiger partial charge on any atom is -0.444 e. The summed E-state index contributed by atoms with van der Waals surface area (Å²) in [6.45, 7) is 10.7. The molecule has 2 aliphatic rings. The van der Waals surface area contributed by atoms with Gasteiger partial charge in [-0.15, -0.1) is 0 Å². The highest BCUT2D eigenvalue weighted by molar-refractivity contribution is 5.68. The molecule has 4 aromatic carbocycles. The lowest BCUT2D eigenvalue weighted by atomic mass is 9.91. The highest BCUT2D eigenvalue weighted by Gasteiger charge is 2.47. The van der Waals surface area contributed by atoms with Gasteiger partial charge in [0, 0.05) is 26.2 Å². The van der Waals surface area contributed by atoms with E-state index in [0.717, 1.165) is 35.2 Å². The summed E-state index contributed by atoms with van der Waals surface area (Å²) in [5, 5.41) is 0. The van der Waals surface area contributed by atoms with Gasteiger partial charge < -0.3 is 28.6 Å². The molecular weight excluding hydrogens is 652 g/mol. The van der Waals surface area contributed by atoms with Crippen molar-refractivity contribution in [2.45, 2.75) is 83.6 Å². The molecule has 0 aromatic heterocycles. The van der Waals surface area contributed by atoms with Gasteiger partial charge in [-0.1, -0.05) is 121 Å². The van der Waals surface area contributed by atoms with Crippen molar-refractivity contribution in [1.82, 2.24) is 9.80 Å². The number of nitrogens with zero attached hydrogens (tertiary/aromatic N) is 2. The van der Waals surface area contributed by atoms with Crippen molar-refractivity contribution in [3.05, 3.63) is 144 Å². The van der Waals surface area contributed by atoms with Crippen LogP contribution in [0.3, 0.4) is 0 Å². The van der Waals surface area contributed by atoms with E-state index in [1.807, 2.05) is 98.5 Å². The molecule has 0 spiro atoms. The third kappa shape index (κ3) is 11.2. The molecule has 5 atom stereocenters. The van der Waals surface area contributed by atoms with Crippen molar-refractivity contribution < 1.29 is 28.5 Å². The van der Waals surface area contributed by atoms with Crippen molar-refractivity contribution >= 4 is 6.09 Å². The van der Waals surface area contributed by atoms with Gasteiger partial charge in [0.1, 0.15) is 17.8 Å². The minimum absolute atomic E-state index is 0.125. The first-order valence-electron chi connectivity index (χ1n) is 18.6. The van der Waals surface area contributed by atoms with Crippen LogP contribution in [0.15, 0.2) is 121 Å². The van der Waals surface area contributed by atoms with Gasteiger partial charge in [-0.2, -0.15) is 0 Å². The number of likely N-dealkylation sites (tertiary alicyclic amines) is 2. The van der Waals surface area contributed by atoms with E-state index in [-0.39, 0.29) is 36.4 Å². The molecular formula is C44H54N2O6. The van der Waals surface area contributed by atoms with E-state index in [1.165, 1.54) is 0 Å². The van der Waals surface area contributed by atoms with Crippen molar-refractivity contribution in [3.8, 4) is 0 Å². The summed E-state index contributed by atoms with van der Waals surface area (Å²) in [6, 6.07) is 41.0. The standard InChI is InChI=1S/C44H54N2O6/c1-44(2,3)52-43(47)45-25-24-38(26-45)27-46-28-40(49-30-35-18-10-5-11-19-35)42(51-32-37-22-14-7-15-23-37)41(50-31-36-20-12-6-13-21-36)39(46)33-48-29-34-16-8-4-9-17-34/h4-23,38-42H,24-33H2,1-3H3/t38-,39+,40+,41-,42-/m1/s1. The molecule has 276 valence electrons. The molecule has 2 saturated heterocycles. The van der Waals surface area contributed by atoms with Crippen LogP contribution in [0.2, 0.25) is 0 Å². The fraction of sp³-hybridized carbons (Fsp3) is 0.432. The minimum atomic E-state index is -0.537. The number of hydrogen-bond acceptors (Lipinski definition) is 7. The maximum absolute atomic E-state index is 13.0. The van der Waals surface area contributed by atoms with Gasteiger partial charge in [-0.05, 0) is 55.4 Å². The van der Waals surface area contributed by atoms with Gasteiger partial charge >= 0.3 is 6.09 Å². The van der Waals surface area contributed by atoms with Gasteiger partial charge in [0.25, 0.3) is 0 Å². The van der Waals surface area contributed by atoms with Crippen LogP contribution in [0.25, 0.3) is 0 Å². The van der Waals surface area contributed by atoms with Gasteiger partial charge in [0.05, 0.1) is 45.2 Å². The lowest BCUT2D eigenvalue weighted by molar-refractivity contribution is -0.211. The molecule has 0 unspecified atom stereocenters. The summed E-state index contributed by atoms with van der Waals surface area (Å²) >= 11 is 0. The van der Waals surface area contributed by atoms with Crippen molar-refractivity contribution in [1.29, 1.82) is 0 Å². The summed E-state index contributed by atoms with van der Waals surface area (Å²) < 4.78 is 32.9. The highest BCUT2D eigenvalue weighted by atomic mass is 16.6. The molecule has 0 radical (unpaired) electrons. The zero-order chi connectivity index (χ0) is 36.2. The molecule has 0 saturated carbocycles. The monoisotopic (exact) mass is 706 g/mol. The Morgan fingerprint density at radius 2 is 1.12 bits per heavy atom. The van der Waals surface area contributed by atoms with E-state index >= 15 is 0 Å². The number of hydrogen-bond donors (Lipinski definition) is 0. The van der Waals surface area contributed by atoms with E-state index in [1.54, 1.807) is 0 Å². The molecule has 0 aliphatic carbocycles. The Hall–Kier alpha value is -4.05. The molecule has 1 amide bonds. The quantitative estimate of drug-likeness (QED) is 0.125. The van der Waals surface area contributed by atoms with Gasteiger partial charge in [0.15, 0.2) is 0 Å². The summed E-state index contributed by atoms with van der Waals surface area (Å²) in [6.07, 6.45) is -0.363. The van der Waals surface area contributed by atoms with Crippen LogP contribution in [-0.4, -0.2) is 78.6 Å². The molecule has 2 fully saturated rings. The van der Waals surface area contributed by atoms with Crippen LogP contribution in [0.5, 0.6) is 0 Å². The topological polar surface area (TPSA) is 69.7 Å². The fourth-order valence-electron chi connectivity index (χ4n) is 7.06. The molecule has 6 rings (SSSR count). The number of benzene rings is 4. The molecule has 8 heteroatoms. The first-order chi connectivity index (χ1) is 25.3. The molecule has 52 heavy (non-hydrogen) atoms. The van der Waals surface area contributed by atoms with Crippen molar-refractivity contribution in [2.75, 3.05) is 32.8 Å². The Morgan fingerprint density at radius 1 is 0.635 bits per heavy atom. The normalized spacial score (nSPS) is 22.4. The zero-order valence-corrected chi connectivity index (χ0v) is 30.8. The third-order valence-electron chi connectivity index (χ3n) is 9.66. The first kappa shape index (κ1) is 37.7. The first-order valence-corrected chi connectivity index (χ1v) is 18.6. The fourth-order valence-corrected chi connectivity index (χ4v) is 7.06. The van der Waals surface area contributed by atoms with E-state index in [9.17, 15) is 4.79 Å². The van der Waals surface area contributed by atoms with Gasteiger partial charge in [0.2, 0.25) is 0 Å². The third-order valence-corrected chi connectivity index (χ3v) is 9.66. The molecule has 0 N–H and O–H groups in total. The second-order valence-corrected chi connectivity index (χ2v) is 15.0. The lowest BCUT2D eigenvalue weighted by Crippen LogP contribution is -2.65. The van der Waals surface area contributed by atoms with Crippen LogP contribution in [0.1, 0.15) is 49.4 Å². The van der Waals surface area contributed by atoms with Crippen molar-refractivity contribution in [2.24, 2.45) is 5.92 Å². The maximum Gasteiger partial charge on any atom is 0.410 e. The second kappa shape index (κ2) is 18.6. The summed E-state index contributed by atoms with van der Waals surface area (Å²) in [5.41, 5.74) is 3.88. The maximum atomic E-state index is 13.0. The highest BCUT2D eigenvalue weighted by Crippen LogP contribution is 2.31. The predicted octanol–water partition coefficient (Wildman–Crippen LogP) is 7.90. The Morgan fingerprint density at radius 3 is 1.63 bits per heavy atom. The number of ether oxygens (including phenoxy) is 5. The molecule has 8 nitrogen and oxygen atoms in total. The molecule has 2 aliphatic heterocycles. The smallest absolute Gasteiger partial charge is 0.410 e. The van der Waals surface area contributed by atoms with E-state index < -0.39 is 5.60 Å². The summed E-state index contributed by atoms with van der Waals surface area (Å²) in [5.74, 6) is 0.260.